The Balaban J connectivity index is 1.16. The van der Waals surface area contributed by atoms with E-state index in [9.17, 15) is 9.90 Å². The molecule has 5 rings (SSSR count). The lowest BCUT2D eigenvalue weighted by atomic mass is 9.79. The number of hydrogen-bond donors (Lipinski definition) is 2. The fourth-order valence-corrected chi connectivity index (χ4v) is 7.34. The van der Waals surface area contributed by atoms with Gasteiger partial charge >= 0.3 is 0 Å². The molecule has 1 aromatic rings. The van der Waals surface area contributed by atoms with Crippen LogP contribution in [0, 0.1) is 23.7 Å². The van der Waals surface area contributed by atoms with E-state index in [4.69, 9.17) is 0 Å². The van der Waals surface area contributed by atoms with Crippen molar-refractivity contribution in [2.75, 3.05) is 19.6 Å². The number of fused-ring (bicyclic) bond motifs is 1. The van der Waals surface area contributed by atoms with Gasteiger partial charge in [-0.3, -0.25) is 4.79 Å². The first-order valence-electron chi connectivity index (χ1n) is 12.9. The van der Waals surface area contributed by atoms with Crippen LogP contribution in [0.4, 0.5) is 0 Å². The van der Waals surface area contributed by atoms with Crippen LogP contribution in [-0.2, 0) is 10.4 Å². The summed E-state index contributed by atoms with van der Waals surface area (Å²) in [6.07, 6.45) is 13.4. The molecule has 0 aromatic heterocycles. The average molecular weight is 425 g/mol. The maximum Gasteiger partial charge on any atom is 0.257 e. The summed E-state index contributed by atoms with van der Waals surface area (Å²) in [6, 6.07) is 9.82. The first-order valence-corrected chi connectivity index (χ1v) is 12.9. The largest absolute Gasteiger partial charge is 0.375 e. The molecule has 2 N–H and O–H groups in total. The molecular formula is C27H40N2O2. The standard InChI is InChI=1S/C27H40N2O2/c30-26(27(31,24-11-4-5-12-24)23-9-2-1-3-10-23)28-25-13-15-29(16-14-25)19-20-17-21-7-6-8-22(21)18-20/h1-3,9-10,20-22,24-25,31H,4-8,11-19H2,(H,28,30). The predicted octanol–water partition coefficient (Wildman–Crippen LogP) is 4.47. The highest BCUT2D eigenvalue weighted by atomic mass is 16.3. The average Bonchev–Trinajstić information content (AvgIpc) is 3.53. The third-order valence-electron chi connectivity index (χ3n) is 9.03. The maximum atomic E-state index is 13.4. The van der Waals surface area contributed by atoms with E-state index in [1.165, 1.54) is 38.6 Å². The number of rotatable bonds is 6. The van der Waals surface area contributed by atoms with E-state index < -0.39 is 5.60 Å². The summed E-state index contributed by atoms with van der Waals surface area (Å²) in [5, 5.41) is 14.9. The van der Waals surface area contributed by atoms with Crippen LogP contribution in [0.3, 0.4) is 0 Å². The molecule has 1 saturated heterocycles. The van der Waals surface area contributed by atoms with E-state index >= 15 is 0 Å². The van der Waals surface area contributed by atoms with Crippen LogP contribution in [-0.4, -0.2) is 41.6 Å². The van der Waals surface area contributed by atoms with Gasteiger partial charge in [0.25, 0.3) is 5.91 Å². The highest BCUT2D eigenvalue weighted by Crippen LogP contribution is 2.47. The molecule has 3 unspecified atom stereocenters. The van der Waals surface area contributed by atoms with E-state index in [0.29, 0.717) is 0 Å². The Bertz CT molecular complexity index is 727. The van der Waals surface area contributed by atoms with E-state index in [2.05, 4.69) is 10.2 Å². The number of nitrogens with zero attached hydrogens (tertiary/aromatic N) is 1. The van der Waals surface area contributed by atoms with Gasteiger partial charge in [0.15, 0.2) is 5.60 Å². The van der Waals surface area contributed by atoms with Crippen LogP contribution in [0.2, 0.25) is 0 Å². The third-order valence-corrected chi connectivity index (χ3v) is 9.03. The molecule has 4 heteroatoms. The Morgan fingerprint density at radius 3 is 2.23 bits per heavy atom. The number of amides is 1. The lowest BCUT2D eigenvalue weighted by molar-refractivity contribution is -0.148. The van der Waals surface area contributed by atoms with Gasteiger partial charge in [0.1, 0.15) is 0 Å². The Labute approximate surface area is 187 Å². The van der Waals surface area contributed by atoms with Crippen LogP contribution >= 0.6 is 0 Å². The van der Waals surface area contributed by atoms with Crippen molar-refractivity contribution >= 4 is 5.91 Å². The van der Waals surface area contributed by atoms with Gasteiger partial charge in [0, 0.05) is 31.6 Å². The number of aliphatic hydroxyl groups is 1. The minimum Gasteiger partial charge on any atom is -0.375 e. The molecule has 4 nitrogen and oxygen atoms in total. The molecular weight excluding hydrogens is 384 g/mol. The van der Waals surface area contributed by atoms with E-state index in [0.717, 1.165) is 74.9 Å². The minimum atomic E-state index is -1.39. The Morgan fingerprint density at radius 2 is 1.58 bits per heavy atom. The second-order valence-corrected chi connectivity index (χ2v) is 11.0. The van der Waals surface area contributed by atoms with E-state index in [1.54, 1.807) is 0 Å². The van der Waals surface area contributed by atoms with Gasteiger partial charge in [-0.1, -0.05) is 62.4 Å². The first kappa shape index (κ1) is 21.5. The van der Waals surface area contributed by atoms with Crippen molar-refractivity contribution in [3.63, 3.8) is 0 Å². The lowest BCUT2D eigenvalue weighted by Gasteiger charge is -2.38. The van der Waals surface area contributed by atoms with Crippen molar-refractivity contribution in [2.45, 2.75) is 82.3 Å². The number of nitrogens with one attached hydrogen (secondary N) is 1. The lowest BCUT2D eigenvalue weighted by Crippen LogP contribution is -2.54. The molecule has 1 heterocycles. The van der Waals surface area contributed by atoms with Crippen molar-refractivity contribution in [1.82, 2.24) is 10.2 Å². The zero-order valence-corrected chi connectivity index (χ0v) is 19.0. The van der Waals surface area contributed by atoms with Crippen LogP contribution < -0.4 is 5.32 Å². The molecule has 4 fully saturated rings. The summed E-state index contributed by atoms with van der Waals surface area (Å²) < 4.78 is 0. The van der Waals surface area contributed by atoms with Gasteiger partial charge < -0.3 is 15.3 Å². The summed E-state index contributed by atoms with van der Waals surface area (Å²) in [5.41, 5.74) is -0.639. The zero-order chi connectivity index (χ0) is 21.3. The highest BCUT2D eigenvalue weighted by molar-refractivity contribution is 5.87. The summed E-state index contributed by atoms with van der Waals surface area (Å²) in [7, 11) is 0. The summed E-state index contributed by atoms with van der Waals surface area (Å²) in [5.74, 6) is 2.79. The molecule has 1 aliphatic heterocycles. The smallest absolute Gasteiger partial charge is 0.257 e. The number of carbonyl (C=O) groups is 1. The first-order chi connectivity index (χ1) is 15.1. The van der Waals surface area contributed by atoms with Gasteiger partial charge in [-0.25, -0.2) is 0 Å². The SMILES string of the molecule is O=C(NC1CCN(CC2CC3CCCC3C2)CC1)C(O)(c1ccccc1)C1CCCC1. The quantitative estimate of drug-likeness (QED) is 0.708. The van der Waals surface area contributed by atoms with E-state index in [-0.39, 0.29) is 17.9 Å². The van der Waals surface area contributed by atoms with Gasteiger partial charge in [-0.15, -0.1) is 0 Å². The highest BCUT2D eigenvalue weighted by Gasteiger charge is 2.47. The predicted molar refractivity (Wildman–Crippen MR) is 123 cm³/mol. The molecule has 4 aliphatic rings. The molecule has 3 atom stereocenters. The van der Waals surface area contributed by atoms with E-state index in [1.807, 2.05) is 30.3 Å². The van der Waals surface area contributed by atoms with Crippen LogP contribution in [0.1, 0.15) is 76.2 Å². The molecule has 1 aromatic carbocycles. The Kier molecular flexibility index (Phi) is 6.39. The molecule has 3 saturated carbocycles. The van der Waals surface area contributed by atoms with Crippen molar-refractivity contribution < 1.29 is 9.90 Å². The van der Waals surface area contributed by atoms with Crippen molar-refractivity contribution in [1.29, 1.82) is 0 Å². The van der Waals surface area contributed by atoms with Gasteiger partial charge in [-0.05, 0) is 61.8 Å². The van der Waals surface area contributed by atoms with Crippen molar-refractivity contribution in [3.8, 4) is 0 Å². The molecule has 170 valence electrons. The second kappa shape index (κ2) is 9.23. The number of piperidine rings is 1. The Hall–Kier alpha value is -1.39. The number of likely N-dealkylation sites (tertiary alicyclic amines) is 1. The summed E-state index contributed by atoms with van der Waals surface area (Å²) in [4.78, 5) is 16.1. The van der Waals surface area contributed by atoms with Crippen molar-refractivity contribution in [3.05, 3.63) is 35.9 Å². The summed E-state index contributed by atoms with van der Waals surface area (Å²) in [6.45, 7) is 3.40. The molecule has 3 aliphatic carbocycles. The second-order valence-electron chi connectivity index (χ2n) is 11.0. The topological polar surface area (TPSA) is 52.6 Å². The fourth-order valence-electron chi connectivity index (χ4n) is 7.34. The van der Waals surface area contributed by atoms with Gasteiger partial charge in [0.2, 0.25) is 0 Å². The van der Waals surface area contributed by atoms with Crippen LogP contribution in [0.5, 0.6) is 0 Å². The molecule has 31 heavy (non-hydrogen) atoms. The van der Waals surface area contributed by atoms with Gasteiger partial charge in [0.05, 0.1) is 0 Å². The number of carbonyl (C=O) groups excluding carboxylic acids is 1. The molecule has 0 radical (unpaired) electrons. The molecule has 1 amide bonds. The normalized spacial score (nSPS) is 32.1. The number of benzene rings is 1. The minimum absolute atomic E-state index is 0.0248. The third kappa shape index (κ3) is 4.43. The van der Waals surface area contributed by atoms with Crippen molar-refractivity contribution in [2.24, 2.45) is 23.7 Å². The zero-order valence-electron chi connectivity index (χ0n) is 19.0. The monoisotopic (exact) mass is 424 g/mol. The molecule has 0 bridgehead atoms. The Morgan fingerprint density at radius 1 is 0.935 bits per heavy atom. The summed E-state index contributed by atoms with van der Waals surface area (Å²) >= 11 is 0. The van der Waals surface area contributed by atoms with Crippen LogP contribution in [0.15, 0.2) is 30.3 Å². The maximum absolute atomic E-state index is 13.4. The fraction of sp³-hybridized carbons (Fsp3) is 0.741. The van der Waals surface area contributed by atoms with Gasteiger partial charge in [-0.2, -0.15) is 0 Å². The number of hydrogen-bond acceptors (Lipinski definition) is 3. The molecule has 0 spiro atoms. The van der Waals surface area contributed by atoms with Crippen LogP contribution in [0.25, 0.3) is 0 Å².